The molecule has 2 unspecified atom stereocenters. The second kappa shape index (κ2) is 13.7. The standard InChI is InChI=1S/C36H40N6O6S/c1-18-12-21-13-24-26(15-37)42-25(30(41(24)4)28(21)32(44)34(18)47-5)14-23-29(33(45)35(48-6)19(2)31(23)43)27(42)16-38-36(46)20(3)39-17-49-40-22-10-8-7-9-11-22/h7-12,17,20,24-27,30,40,44H,13-14,16H2,1-6H3,(H,38,46)/t20?,24-,25?,26+,27+,30-/m1/s1. The van der Waals surface area contributed by atoms with Crippen molar-refractivity contribution in [2.24, 2.45) is 4.99 Å². The van der Waals surface area contributed by atoms with Crippen molar-refractivity contribution in [1.82, 2.24) is 15.1 Å². The van der Waals surface area contributed by atoms with E-state index in [1.807, 2.05) is 55.3 Å². The molecule has 0 radical (unpaired) electrons. The molecule has 1 saturated heterocycles. The highest BCUT2D eigenvalue weighted by Crippen LogP contribution is 2.53. The van der Waals surface area contributed by atoms with Crippen LogP contribution in [0.4, 0.5) is 5.69 Å². The van der Waals surface area contributed by atoms with Gasteiger partial charge in [-0.3, -0.25) is 29.2 Å². The van der Waals surface area contributed by atoms with E-state index in [0.717, 1.165) is 16.8 Å². The van der Waals surface area contributed by atoms with Gasteiger partial charge in [-0.1, -0.05) is 24.3 Å². The molecule has 3 heterocycles. The zero-order chi connectivity index (χ0) is 35.1. The van der Waals surface area contributed by atoms with Gasteiger partial charge in [0.25, 0.3) is 0 Å². The van der Waals surface area contributed by atoms with E-state index in [1.54, 1.807) is 19.4 Å². The number of nitrogens with zero attached hydrogens (tertiary/aromatic N) is 4. The molecule has 1 amide bonds. The topological polar surface area (TPSA) is 157 Å². The van der Waals surface area contributed by atoms with Crippen LogP contribution in [0.3, 0.4) is 0 Å². The lowest BCUT2D eigenvalue weighted by molar-refractivity contribution is -0.125. The fraction of sp³-hybridized carbons (Fsp3) is 0.417. The zero-order valence-corrected chi connectivity index (χ0v) is 29.1. The first-order chi connectivity index (χ1) is 23.5. The van der Waals surface area contributed by atoms with Gasteiger partial charge in [-0.15, -0.1) is 0 Å². The summed E-state index contributed by atoms with van der Waals surface area (Å²) >= 11 is 1.23. The molecule has 2 aromatic carbocycles. The largest absolute Gasteiger partial charge is 0.504 e. The summed E-state index contributed by atoms with van der Waals surface area (Å²) < 4.78 is 14.2. The van der Waals surface area contributed by atoms with Crippen LogP contribution in [0, 0.1) is 18.3 Å². The van der Waals surface area contributed by atoms with Crippen molar-refractivity contribution in [2.45, 2.75) is 69.9 Å². The highest BCUT2D eigenvalue weighted by Gasteiger charge is 2.57. The minimum atomic E-state index is -0.822. The van der Waals surface area contributed by atoms with Gasteiger partial charge in [0.15, 0.2) is 23.0 Å². The number of aromatic hydroxyl groups is 1. The fourth-order valence-electron chi connectivity index (χ4n) is 7.95. The van der Waals surface area contributed by atoms with Crippen molar-refractivity contribution in [3.05, 3.63) is 75.6 Å². The number of para-hydroxylation sites is 1. The third-order valence-corrected chi connectivity index (χ3v) is 10.8. The summed E-state index contributed by atoms with van der Waals surface area (Å²) in [6.45, 7) is 5.07. The second-order valence-corrected chi connectivity index (χ2v) is 13.5. The summed E-state index contributed by atoms with van der Waals surface area (Å²) in [5.41, 5.74) is 5.63. The van der Waals surface area contributed by atoms with E-state index in [1.165, 1.54) is 26.2 Å². The number of carbonyl (C=O) groups excluding carboxylic acids is 3. The monoisotopic (exact) mass is 684 g/mol. The number of nitrogens with one attached hydrogen (secondary N) is 2. The smallest absolute Gasteiger partial charge is 0.244 e. The number of methoxy groups -OCH3 is 2. The van der Waals surface area contributed by atoms with Crippen molar-refractivity contribution in [3.8, 4) is 17.6 Å². The number of carbonyl (C=O) groups is 3. The molecule has 2 aromatic rings. The van der Waals surface area contributed by atoms with Crippen LogP contribution in [0.2, 0.25) is 0 Å². The number of hydrogen-bond acceptors (Lipinski definition) is 12. The number of nitriles is 1. The first-order valence-electron chi connectivity index (χ1n) is 16.2. The molecule has 4 aliphatic rings. The summed E-state index contributed by atoms with van der Waals surface area (Å²) in [6.07, 6.45) is 0.642. The van der Waals surface area contributed by atoms with Crippen molar-refractivity contribution >= 4 is 40.7 Å². The lowest BCUT2D eigenvalue weighted by atomic mass is 9.69. The Morgan fingerprint density at radius 1 is 1.16 bits per heavy atom. The highest BCUT2D eigenvalue weighted by atomic mass is 32.2. The number of rotatable bonds is 9. The summed E-state index contributed by atoms with van der Waals surface area (Å²) in [6, 6.07) is 10.6. The third kappa shape index (κ3) is 5.77. The first-order valence-corrected chi connectivity index (χ1v) is 17.0. The molecule has 12 nitrogen and oxygen atoms in total. The maximum absolute atomic E-state index is 14.1. The molecule has 1 aliphatic carbocycles. The number of hydrogen-bond donors (Lipinski definition) is 3. The number of fused-ring (bicyclic) bond motifs is 6. The number of aryl methyl sites for hydroxylation is 1. The number of ketones is 2. The SMILES string of the molecule is COC1=C(C)C(=O)C2=C(C1=O)[C@H](CNC(=O)C(C)N=CSNc1ccccc1)N1C(C2)[C@@H]2c3c(cc(C)c(OC)c3O)C[C@H]([C@@H]1C#N)N2C. The molecule has 3 aliphatic heterocycles. The number of phenolic OH excluding ortho intramolecular Hbond substituents is 1. The van der Waals surface area contributed by atoms with Crippen LogP contribution in [0.1, 0.15) is 43.0 Å². The van der Waals surface area contributed by atoms with Crippen LogP contribution in [0.15, 0.2) is 63.9 Å². The van der Waals surface area contributed by atoms with Crippen LogP contribution in [0.25, 0.3) is 0 Å². The third-order valence-electron chi connectivity index (χ3n) is 10.2. The molecule has 49 heavy (non-hydrogen) atoms. The van der Waals surface area contributed by atoms with Gasteiger partial charge in [-0.05, 0) is 75.9 Å². The van der Waals surface area contributed by atoms with Crippen molar-refractivity contribution < 1.29 is 29.0 Å². The number of aliphatic imine (C=N–C) groups is 1. The molecule has 1 fully saturated rings. The van der Waals surface area contributed by atoms with Gasteiger partial charge in [0.1, 0.15) is 12.1 Å². The van der Waals surface area contributed by atoms with E-state index in [2.05, 4.69) is 26.0 Å². The average molecular weight is 685 g/mol. The van der Waals surface area contributed by atoms with Gasteiger partial charge in [-0.25, -0.2) is 0 Å². The maximum atomic E-state index is 14.1. The van der Waals surface area contributed by atoms with Gasteiger partial charge in [0.05, 0.1) is 37.9 Å². The second-order valence-electron chi connectivity index (χ2n) is 12.8. The number of benzene rings is 2. The molecule has 0 spiro atoms. The van der Waals surface area contributed by atoms with Crippen LogP contribution in [-0.2, 0) is 25.5 Å². The molecule has 2 bridgehead atoms. The number of likely N-dealkylation sites (N-methyl/N-ethyl adjacent to an activating group) is 1. The predicted molar refractivity (Wildman–Crippen MR) is 186 cm³/mol. The molecular formula is C36H40N6O6S. The van der Waals surface area contributed by atoms with E-state index in [-0.39, 0.29) is 53.4 Å². The summed E-state index contributed by atoms with van der Waals surface area (Å²) in [7, 11) is 4.80. The normalized spacial score (nSPS) is 25.7. The fourth-order valence-corrected chi connectivity index (χ4v) is 8.51. The lowest BCUT2D eigenvalue weighted by Crippen LogP contribution is -2.71. The van der Waals surface area contributed by atoms with Gasteiger partial charge in [-0.2, -0.15) is 5.26 Å². The minimum absolute atomic E-state index is 0.0305. The average Bonchev–Trinajstić information content (AvgIpc) is 3.09. The lowest BCUT2D eigenvalue weighted by Gasteiger charge is -2.60. The number of Topliss-reactive ketones (excluding diaryl/α,β-unsaturated/α-hetero) is 2. The molecule has 6 rings (SSSR count). The molecule has 0 saturated carbocycles. The van der Waals surface area contributed by atoms with E-state index in [9.17, 15) is 24.8 Å². The number of phenols is 1. The molecule has 13 heteroatoms. The number of ether oxygens (including phenoxy) is 2. The summed E-state index contributed by atoms with van der Waals surface area (Å²) in [4.78, 5) is 49.8. The Morgan fingerprint density at radius 2 is 1.90 bits per heavy atom. The first kappa shape index (κ1) is 34.2. The molecule has 256 valence electrons. The van der Waals surface area contributed by atoms with Crippen molar-refractivity contribution in [2.75, 3.05) is 32.5 Å². The number of anilines is 1. The van der Waals surface area contributed by atoms with E-state index < -0.39 is 36.0 Å². The van der Waals surface area contributed by atoms with Crippen molar-refractivity contribution in [3.63, 3.8) is 0 Å². The highest BCUT2D eigenvalue weighted by molar-refractivity contribution is 8.13. The Morgan fingerprint density at radius 3 is 2.57 bits per heavy atom. The molecule has 6 atom stereocenters. The van der Waals surface area contributed by atoms with E-state index >= 15 is 0 Å². The minimum Gasteiger partial charge on any atom is -0.504 e. The van der Waals surface area contributed by atoms with Gasteiger partial charge < -0.3 is 24.6 Å². The summed E-state index contributed by atoms with van der Waals surface area (Å²) in [5, 5.41) is 25.3. The van der Waals surface area contributed by atoms with E-state index in [0.29, 0.717) is 23.3 Å². The zero-order valence-electron chi connectivity index (χ0n) is 28.3. The quantitative estimate of drug-likeness (QED) is 0.154. The number of piperazine rings is 1. The van der Waals surface area contributed by atoms with Crippen LogP contribution in [0.5, 0.6) is 11.5 Å². The Kier molecular flexibility index (Phi) is 9.57. The van der Waals surface area contributed by atoms with Crippen LogP contribution < -0.4 is 14.8 Å². The predicted octanol–water partition coefficient (Wildman–Crippen LogP) is 3.62. The molecular weight excluding hydrogens is 644 g/mol. The molecule has 0 aromatic heterocycles. The van der Waals surface area contributed by atoms with Crippen LogP contribution in [-0.4, -0.2) is 95.9 Å². The van der Waals surface area contributed by atoms with Gasteiger partial charge in [0, 0.05) is 46.6 Å². The maximum Gasteiger partial charge on any atom is 0.244 e. The van der Waals surface area contributed by atoms with Gasteiger partial charge in [0.2, 0.25) is 11.7 Å². The Labute approximate surface area is 290 Å². The van der Waals surface area contributed by atoms with Gasteiger partial charge >= 0.3 is 0 Å². The number of amides is 1. The Balaban J connectivity index is 1.36. The number of allylic oxidation sites excluding steroid dienone is 2. The van der Waals surface area contributed by atoms with Crippen molar-refractivity contribution in [1.29, 1.82) is 5.26 Å². The Hall–Kier alpha value is -4.64. The van der Waals surface area contributed by atoms with Crippen LogP contribution >= 0.6 is 11.9 Å². The Bertz CT molecular complexity index is 1830. The summed E-state index contributed by atoms with van der Waals surface area (Å²) in [5.74, 6) is -0.738. The van der Waals surface area contributed by atoms with E-state index in [4.69, 9.17) is 9.47 Å². The molecule has 3 N–H and O–H groups in total.